The molecule has 6 rings (SSSR count). The van der Waals surface area contributed by atoms with Crippen molar-refractivity contribution in [1.29, 1.82) is 0 Å². The van der Waals surface area contributed by atoms with Gasteiger partial charge in [-0.1, -0.05) is 29.8 Å². The number of hydrogen-bond donors (Lipinski definition) is 1. The molecule has 2 heterocycles. The van der Waals surface area contributed by atoms with Crippen LogP contribution in [0.2, 0.25) is 5.02 Å². The Balaban J connectivity index is 1.65. The van der Waals surface area contributed by atoms with Crippen LogP contribution in [0.5, 0.6) is 0 Å². The Morgan fingerprint density at radius 2 is 1.85 bits per heavy atom. The molecule has 0 atom stereocenters. The zero-order chi connectivity index (χ0) is 22.4. The van der Waals surface area contributed by atoms with Gasteiger partial charge in [0, 0.05) is 16.9 Å². The van der Waals surface area contributed by atoms with Gasteiger partial charge in [0.2, 0.25) is 0 Å². The summed E-state index contributed by atoms with van der Waals surface area (Å²) in [5, 5.41) is 5.18. The topological polar surface area (TPSA) is 55.1 Å². The van der Waals surface area contributed by atoms with Crippen molar-refractivity contribution in [3.8, 4) is 17.1 Å². The average Bonchev–Trinajstić information content (AvgIpc) is 3.63. The largest absolute Gasteiger partial charge is 0.352 e. The maximum absolute atomic E-state index is 6.37. The van der Waals surface area contributed by atoms with Gasteiger partial charge < -0.3 is 9.88 Å². The third-order valence-corrected chi connectivity index (χ3v) is 6.14. The highest BCUT2D eigenvalue weighted by molar-refractivity contribution is 6.30. The molecule has 0 saturated heterocycles. The van der Waals surface area contributed by atoms with Crippen molar-refractivity contribution in [1.82, 2.24) is 14.5 Å². The van der Waals surface area contributed by atoms with Gasteiger partial charge in [0.05, 0.1) is 50.9 Å². The van der Waals surface area contributed by atoms with E-state index in [1.807, 2.05) is 55.5 Å². The minimum absolute atomic E-state index is 0.381. The molecule has 0 spiro atoms. The van der Waals surface area contributed by atoms with E-state index < -0.39 is 0 Å². The second-order valence-corrected chi connectivity index (χ2v) is 8.83. The van der Waals surface area contributed by atoms with E-state index in [1.165, 1.54) is 0 Å². The van der Waals surface area contributed by atoms with E-state index in [0.717, 1.165) is 63.4 Å². The Morgan fingerprint density at radius 3 is 2.67 bits per heavy atom. The third-order valence-electron chi connectivity index (χ3n) is 5.91. The van der Waals surface area contributed by atoms with Crippen LogP contribution in [0.3, 0.4) is 0 Å². The average molecular weight is 452 g/mol. The van der Waals surface area contributed by atoms with Gasteiger partial charge in [-0.15, -0.1) is 0 Å². The summed E-state index contributed by atoms with van der Waals surface area (Å²) in [6.07, 6.45) is 4.07. The molecule has 1 aromatic heterocycles. The second kappa shape index (κ2) is 8.01. The molecule has 0 radical (unpaired) electrons. The summed E-state index contributed by atoms with van der Waals surface area (Å²) in [5.74, 6) is 0. The van der Waals surface area contributed by atoms with Crippen LogP contribution in [-0.2, 0) is 0 Å². The third kappa shape index (κ3) is 3.85. The Hall–Kier alpha value is -3.70. The number of pyridine rings is 1. The quantitative estimate of drug-likeness (QED) is 0.326. The van der Waals surface area contributed by atoms with E-state index in [9.17, 15) is 0 Å². The molecule has 33 heavy (non-hydrogen) atoms. The van der Waals surface area contributed by atoms with Gasteiger partial charge in [0.1, 0.15) is 0 Å². The molecule has 2 aliphatic carbocycles. The molecule has 3 aliphatic rings. The van der Waals surface area contributed by atoms with Crippen molar-refractivity contribution in [2.24, 2.45) is 4.99 Å². The number of hydrogen-bond acceptors (Lipinski definition) is 4. The number of aryl methyl sites for hydroxylation is 1. The molecular formula is C27H22ClN5. The van der Waals surface area contributed by atoms with Crippen molar-refractivity contribution >= 4 is 34.0 Å². The van der Waals surface area contributed by atoms with Crippen LogP contribution < -0.4 is 10.7 Å². The van der Waals surface area contributed by atoms with Crippen molar-refractivity contribution in [3.05, 3.63) is 95.1 Å². The SMILES string of the molecule is Cc1ncccc1Nc1cc2nc3ccccc3n(-c3cccc(Cl)c3)c-2c/c1=N\C1CC1. The first kappa shape index (κ1) is 19.9. The minimum atomic E-state index is 0.381. The molecule has 1 fully saturated rings. The summed E-state index contributed by atoms with van der Waals surface area (Å²) in [6, 6.07) is 24.7. The lowest BCUT2D eigenvalue weighted by atomic mass is 10.1. The smallest absolute Gasteiger partial charge is 0.0900 e. The molecule has 1 N–H and O–H groups in total. The Bertz CT molecular complexity index is 1530. The van der Waals surface area contributed by atoms with Crippen LogP contribution >= 0.6 is 11.6 Å². The summed E-state index contributed by atoms with van der Waals surface area (Å²) in [7, 11) is 0. The van der Waals surface area contributed by atoms with Crippen molar-refractivity contribution in [3.63, 3.8) is 0 Å². The summed E-state index contributed by atoms with van der Waals surface area (Å²) in [4.78, 5) is 14.4. The van der Waals surface area contributed by atoms with Crippen molar-refractivity contribution in [2.75, 3.05) is 5.32 Å². The summed E-state index contributed by atoms with van der Waals surface area (Å²) in [6.45, 7) is 2.00. The zero-order valence-corrected chi connectivity index (χ0v) is 18.9. The molecular weight excluding hydrogens is 430 g/mol. The molecule has 1 aliphatic heterocycles. The van der Waals surface area contributed by atoms with E-state index in [4.69, 9.17) is 21.6 Å². The van der Waals surface area contributed by atoms with E-state index in [-0.39, 0.29) is 0 Å². The van der Waals surface area contributed by atoms with Gasteiger partial charge in [-0.05, 0) is 74.4 Å². The van der Waals surface area contributed by atoms with Crippen LogP contribution in [0.15, 0.2) is 84.0 Å². The number of fused-ring (bicyclic) bond motifs is 2. The summed E-state index contributed by atoms with van der Waals surface area (Å²) < 4.78 is 2.22. The van der Waals surface area contributed by atoms with Crippen LogP contribution in [-0.4, -0.2) is 20.6 Å². The molecule has 162 valence electrons. The lowest BCUT2D eigenvalue weighted by Gasteiger charge is -2.20. The predicted octanol–water partition coefficient (Wildman–Crippen LogP) is 6.29. The van der Waals surface area contributed by atoms with Crippen LogP contribution in [0, 0.1) is 6.92 Å². The van der Waals surface area contributed by atoms with E-state index in [1.54, 1.807) is 6.20 Å². The van der Waals surface area contributed by atoms with Gasteiger partial charge in [0.15, 0.2) is 0 Å². The van der Waals surface area contributed by atoms with Gasteiger partial charge >= 0.3 is 0 Å². The highest BCUT2D eigenvalue weighted by Gasteiger charge is 2.22. The minimum Gasteiger partial charge on any atom is -0.352 e. The number of benzene rings is 3. The Morgan fingerprint density at radius 1 is 0.970 bits per heavy atom. The fraction of sp³-hybridized carbons (Fsp3) is 0.148. The number of anilines is 2. The number of aromatic nitrogens is 3. The zero-order valence-electron chi connectivity index (χ0n) is 18.2. The molecule has 5 nitrogen and oxygen atoms in total. The van der Waals surface area contributed by atoms with Gasteiger partial charge in [-0.2, -0.15) is 0 Å². The highest BCUT2D eigenvalue weighted by Crippen LogP contribution is 2.32. The molecule has 0 unspecified atom stereocenters. The van der Waals surface area contributed by atoms with Gasteiger partial charge in [0.25, 0.3) is 0 Å². The maximum Gasteiger partial charge on any atom is 0.0900 e. The normalized spacial score (nSPS) is 14.2. The Kier molecular flexibility index (Phi) is 4.84. The molecule has 6 heteroatoms. The first-order chi connectivity index (χ1) is 16.2. The first-order valence-corrected chi connectivity index (χ1v) is 11.5. The van der Waals surface area contributed by atoms with Gasteiger partial charge in [-0.3, -0.25) is 9.98 Å². The molecule has 0 bridgehead atoms. The Labute approximate surface area is 196 Å². The lowest BCUT2D eigenvalue weighted by Crippen LogP contribution is -2.16. The molecule has 1 saturated carbocycles. The molecule has 3 aromatic rings. The van der Waals surface area contributed by atoms with Crippen LogP contribution in [0.1, 0.15) is 18.5 Å². The fourth-order valence-electron chi connectivity index (χ4n) is 4.10. The molecule has 2 aromatic carbocycles. The lowest BCUT2D eigenvalue weighted by molar-refractivity contribution is 0.997. The standard InChI is InChI=1S/C27H22ClN5/c1-17-21(9-5-13-29-17)31-23-15-25-27(16-24(23)30-19-11-12-19)33(20-7-4-6-18(28)14-20)26-10-3-2-8-22(26)32-25/h2-10,13-16,19,31H,11-12H2,1H3/b30-24+. The van der Waals surface area contributed by atoms with E-state index in [2.05, 4.69) is 39.1 Å². The monoisotopic (exact) mass is 451 g/mol. The van der Waals surface area contributed by atoms with Gasteiger partial charge in [-0.25, -0.2) is 4.98 Å². The first-order valence-electron chi connectivity index (χ1n) is 11.1. The van der Waals surface area contributed by atoms with Crippen LogP contribution in [0.4, 0.5) is 11.4 Å². The number of nitrogens with one attached hydrogen (secondary N) is 1. The fourth-order valence-corrected chi connectivity index (χ4v) is 4.29. The van der Waals surface area contributed by atoms with Crippen molar-refractivity contribution in [2.45, 2.75) is 25.8 Å². The maximum atomic E-state index is 6.37. The number of para-hydroxylation sites is 2. The van der Waals surface area contributed by atoms with E-state index in [0.29, 0.717) is 11.1 Å². The van der Waals surface area contributed by atoms with Crippen LogP contribution in [0.25, 0.3) is 28.1 Å². The van der Waals surface area contributed by atoms with Crippen molar-refractivity contribution < 1.29 is 0 Å². The summed E-state index contributed by atoms with van der Waals surface area (Å²) in [5.41, 5.74) is 7.64. The van der Waals surface area contributed by atoms with E-state index >= 15 is 0 Å². The number of halogens is 1. The molecule has 0 amide bonds. The highest BCUT2D eigenvalue weighted by atomic mass is 35.5. The summed E-state index contributed by atoms with van der Waals surface area (Å²) >= 11 is 6.37. The second-order valence-electron chi connectivity index (χ2n) is 8.40. The number of nitrogens with zero attached hydrogens (tertiary/aromatic N) is 4. The number of rotatable bonds is 4. The predicted molar refractivity (Wildman–Crippen MR) is 134 cm³/mol.